The Balaban J connectivity index is 1.89. The SMILES string of the molecule is CCCNc1ccc(CNc2nccc(OC)n2)cc1. The van der Waals surface area contributed by atoms with Crippen molar-refractivity contribution < 1.29 is 4.74 Å². The van der Waals surface area contributed by atoms with Crippen LogP contribution in [0.3, 0.4) is 0 Å². The second-order valence-electron chi connectivity index (χ2n) is 4.40. The first-order chi connectivity index (χ1) is 9.81. The van der Waals surface area contributed by atoms with Gasteiger partial charge in [-0.25, -0.2) is 4.98 Å². The number of anilines is 2. The molecule has 1 aromatic heterocycles. The van der Waals surface area contributed by atoms with Crippen LogP contribution < -0.4 is 15.4 Å². The molecule has 0 aliphatic rings. The summed E-state index contributed by atoms with van der Waals surface area (Å²) in [7, 11) is 1.59. The van der Waals surface area contributed by atoms with Gasteiger partial charge in [-0.3, -0.25) is 0 Å². The summed E-state index contributed by atoms with van der Waals surface area (Å²) in [6, 6.07) is 10.1. The number of benzene rings is 1. The van der Waals surface area contributed by atoms with Crippen molar-refractivity contribution in [3.8, 4) is 5.88 Å². The fourth-order valence-corrected chi connectivity index (χ4v) is 1.73. The Morgan fingerprint density at radius 1 is 1.10 bits per heavy atom. The van der Waals surface area contributed by atoms with Crippen molar-refractivity contribution in [2.45, 2.75) is 19.9 Å². The van der Waals surface area contributed by atoms with Crippen LogP contribution in [-0.2, 0) is 6.54 Å². The lowest BCUT2D eigenvalue weighted by Gasteiger charge is -2.08. The largest absolute Gasteiger partial charge is 0.481 e. The van der Waals surface area contributed by atoms with Gasteiger partial charge in [0.25, 0.3) is 0 Å². The highest BCUT2D eigenvalue weighted by Crippen LogP contribution is 2.12. The minimum atomic E-state index is 0.557. The maximum atomic E-state index is 5.06. The van der Waals surface area contributed by atoms with Crippen LogP contribution in [0.5, 0.6) is 5.88 Å². The first-order valence-corrected chi connectivity index (χ1v) is 6.75. The molecule has 0 aliphatic carbocycles. The smallest absolute Gasteiger partial charge is 0.226 e. The summed E-state index contributed by atoms with van der Waals surface area (Å²) in [4.78, 5) is 8.35. The Morgan fingerprint density at radius 2 is 1.90 bits per heavy atom. The van der Waals surface area contributed by atoms with Crippen molar-refractivity contribution in [1.29, 1.82) is 0 Å². The average Bonchev–Trinajstić information content (AvgIpc) is 2.52. The predicted molar refractivity (Wildman–Crippen MR) is 81.1 cm³/mol. The van der Waals surface area contributed by atoms with E-state index >= 15 is 0 Å². The van der Waals surface area contributed by atoms with Gasteiger partial charge in [0.15, 0.2) is 0 Å². The molecule has 0 aliphatic heterocycles. The Labute approximate surface area is 119 Å². The first-order valence-electron chi connectivity index (χ1n) is 6.75. The number of nitrogens with zero attached hydrogens (tertiary/aromatic N) is 2. The van der Waals surface area contributed by atoms with Crippen LogP contribution in [0.15, 0.2) is 36.5 Å². The van der Waals surface area contributed by atoms with Gasteiger partial charge in [0.2, 0.25) is 11.8 Å². The van der Waals surface area contributed by atoms with Crippen molar-refractivity contribution in [2.24, 2.45) is 0 Å². The third-order valence-corrected chi connectivity index (χ3v) is 2.82. The van der Waals surface area contributed by atoms with Crippen LogP contribution in [0.1, 0.15) is 18.9 Å². The molecule has 1 aromatic carbocycles. The highest BCUT2D eigenvalue weighted by Gasteiger charge is 1.99. The van der Waals surface area contributed by atoms with Crippen LogP contribution in [0.4, 0.5) is 11.6 Å². The predicted octanol–water partition coefficient (Wildman–Crippen LogP) is 2.92. The molecule has 0 atom stereocenters. The average molecular weight is 272 g/mol. The lowest BCUT2D eigenvalue weighted by atomic mass is 10.2. The minimum Gasteiger partial charge on any atom is -0.481 e. The Hall–Kier alpha value is -2.30. The molecular formula is C15H20N4O. The van der Waals surface area contributed by atoms with E-state index in [1.54, 1.807) is 19.4 Å². The molecule has 0 bridgehead atoms. The summed E-state index contributed by atoms with van der Waals surface area (Å²) in [6.07, 6.45) is 2.79. The quantitative estimate of drug-likeness (QED) is 0.811. The van der Waals surface area contributed by atoms with E-state index in [9.17, 15) is 0 Å². The number of hydrogen-bond donors (Lipinski definition) is 2. The van der Waals surface area contributed by atoms with Gasteiger partial charge >= 0.3 is 0 Å². The zero-order chi connectivity index (χ0) is 14.2. The molecule has 0 spiro atoms. The van der Waals surface area contributed by atoms with Gasteiger partial charge in [0, 0.05) is 31.0 Å². The number of rotatable bonds is 7. The topological polar surface area (TPSA) is 59.1 Å². The third-order valence-electron chi connectivity index (χ3n) is 2.82. The van der Waals surface area contributed by atoms with Crippen molar-refractivity contribution in [1.82, 2.24) is 9.97 Å². The van der Waals surface area contributed by atoms with Crippen molar-refractivity contribution >= 4 is 11.6 Å². The van der Waals surface area contributed by atoms with E-state index < -0.39 is 0 Å². The van der Waals surface area contributed by atoms with E-state index in [2.05, 4.69) is 51.8 Å². The summed E-state index contributed by atoms with van der Waals surface area (Å²) in [5.74, 6) is 1.12. The fraction of sp³-hybridized carbons (Fsp3) is 0.333. The summed E-state index contributed by atoms with van der Waals surface area (Å²) in [5.41, 5.74) is 2.33. The third kappa shape index (κ3) is 4.12. The van der Waals surface area contributed by atoms with Crippen LogP contribution in [0.2, 0.25) is 0 Å². The second-order valence-corrected chi connectivity index (χ2v) is 4.40. The van der Waals surface area contributed by atoms with E-state index in [0.717, 1.165) is 18.7 Å². The number of ether oxygens (including phenoxy) is 1. The zero-order valence-electron chi connectivity index (χ0n) is 11.9. The molecule has 1 heterocycles. The molecule has 2 rings (SSSR count). The molecule has 20 heavy (non-hydrogen) atoms. The zero-order valence-corrected chi connectivity index (χ0v) is 11.9. The molecule has 0 amide bonds. The van der Waals surface area contributed by atoms with Crippen LogP contribution >= 0.6 is 0 Å². The molecule has 0 saturated carbocycles. The maximum absolute atomic E-state index is 5.06. The van der Waals surface area contributed by atoms with Crippen LogP contribution in [0, 0.1) is 0 Å². The molecule has 5 heteroatoms. The van der Waals surface area contributed by atoms with E-state index in [0.29, 0.717) is 18.4 Å². The summed E-state index contributed by atoms with van der Waals surface area (Å²) < 4.78 is 5.06. The van der Waals surface area contributed by atoms with Gasteiger partial charge < -0.3 is 15.4 Å². The Kier molecular flexibility index (Phi) is 5.17. The van der Waals surface area contributed by atoms with Gasteiger partial charge in [-0.1, -0.05) is 19.1 Å². The highest BCUT2D eigenvalue weighted by molar-refractivity contribution is 5.45. The number of hydrogen-bond acceptors (Lipinski definition) is 5. The highest BCUT2D eigenvalue weighted by atomic mass is 16.5. The molecule has 2 aromatic rings. The number of nitrogens with one attached hydrogen (secondary N) is 2. The monoisotopic (exact) mass is 272 g/mol. The van der Waals surface area contributed by atoms with E-state index in [1.807, 2.05) is 0 Å². The summed E-state index contributed by atoms with van der Waals surface area (Å²) in [5, 5.41) is 6.52. The molecular weight excluding hydrogens is 252 g/mol. The normalized spacial score (nSPS) is 10.1. The van der Waals surface area contributed by atoms with Gasteiger partial charge in [-0.15, -0.1) is 0 Å². The molecule has 0 saturated heterocycles. The molecule has 2 N–H and O–H groups in total. The summed E-state index contributed by atoms with van der Waals surface area (Å²) >= 11 is 0. The number of methoxy groups -OCH3 is 1. The van der Waals surface area contributed by atoms with Crippen molar-refractivity contribution in [3.05, 3.63) is 42.1 Å². The molecule has 0 unspecified atom stereocenters. The molecule has 106 valence electrons. The molecule has 0 fully saturated rings. The Bertz CT molecular complexity index is 528. The van der Waals surface area contributed by atoms with Crippen molar-refractivity contribution in [2.75, 3.05) is 24.3 Å². The molecule has 5 nitrogen and oxygen atoms in total. The van der Waals surface area contributed by atoms with Crippen molar-refractivity contribution in [3.63, 3.8) is 0 Å². The maximum Gasteiger partial charge on any atom is 0.226 e. The van der Waals surface area contributed by atoms with E-state index in [-0.39, 0.29) is 0 Å². The van der Waals surface area contributed by atoms with E-state index in [4.69, 9.17) is 4.74 Å². The molecule has 0 radical (unpaired) electrons. The van der Waals surface area contributed by atoms with Gasteiger partial charge in [-0.2, -0.15) is 4.98 Å². The van der Waals surface area contributed by atoms with Crippen LogP contribution in [0.25, 0.3) is 0 Å². The standard InChI is InChI=1S/C15H20N4O/c1-3-9-16-13-6-4-12(5-7-13)11-18-15-17-10-8-14(19-15)20-2/h4-8,10,16H,3,9,11H2,1-2H3,(H,17,18,19). The van der Waals surface area contributed by atoms with E-state index in [1.165, 1.54) is 5.56 Å². The lowest BCUT2D eigenvalue weighted by Crippen LogP contribution is -2.04. The fourth-order valence-electron chi connectivity index (χ4n) is 1.73. The minimum absolute atomic E-state index is 0.557. The van der Waals surface area contributed by atoms with Gasteiger partial charge in [-0.05, 0) is 24.1 Å². The summed E-state index contributed by atoms with van der Waals surface area (Å²) in [6.45, 7) is 3.83. The lowest BCUT2D eigenvalue weighted by molar-refractivity contribution is 0.397. The Morgan fingerprint density at radius 3 is 2.60 bits per heavy atom. The first kappa shape index (κ1) is 14.1. The second kappa shape index (κ2) is 7.33. The van der Waals surface area contributed by atoms with Gasteiger partial charge in [0.1, 0.15) is 0 Å². The van der Waals surface area contributed by atoms with Crippen LogP contribution in [-0.4, -0.2) is 23.6 Å². The number of aromatic nitrogens is 2. The van der Waals surface area contributed by atoms with Gasteiger partial charge in [0.05, 0.1) is 7.11 Å².